The van der Waals surface area contributed by atoms with E-state index in [1.54, 1.807) is 0 Å². The number of morpholine rings is 1. The van der Waals surface area contributed by atoms with Crippen molar-refractivity contribution in [1.82, 2.24) is 0 Å². The van der Waals surface area contributed by atoms with E-state index >= 15 is 0 Å². The first-order valence-electron chi connectivity index (χ1n) is 15.9. The Morgan fingerprint density at radius 2 is 1.39 bits per heavy atom. The third-order valence-corrected chi connectivity index (χ3v) is 10.3. The van der Waals surface area contributed by atoms with Gasteiger partial charge < -0.3 is 14.4 Å². The summed E-state index contributed by atoms with van der Waals surface area (Å²) in [4.78, 5) is 2.36. The van der Waals surface area contributed by atoms with Gasteiger partial charge in [-0.3, -0.25) is 0 Å². The van der Waals surface area contributed by atoms with E-state index in [1.165, 1.54) is 45.5 Å². The van der Waals surface area contributed by atoms with E-state index in [0.29, 0.717) is 0 Å². The molecule has 0 bridgehead atoms. The summed E-state index contributed by atoms with van der Waals surface area (Å²) in [5, 5.41) is 2.31. The second-order valence-corrected chi connectivity index (χ2v) is 12.2. The zero-order chi connectivity index (χ0) is 29.9. The Balaban J connectivity index is 1.37. The minimum absolute atomic E-state index is 0.108. The molecule has 2 heterocycles. The second-order valence-electron chi connectivity index (χ2n) is 12.2. The minimum Gasteiger partial charge on any atom is -0.472 e. The monoisotopic (exact) mass is 581 g/mol. The summed E-state index contributed by atoms with van der Waals surface area (Å²) < 4.78 is 27.2. The Kier molecular flexibility index (Phi) is 6.39. The van der Waals surface area contributed by atoms with Gasteiger partial charge in [0.2, 0.25) is 0 Å². The van der Waals surface area contributed by atoms with Crippen LogP contribution in [0, 0.1) is 5.82 Å². The summed E-state index contributed by atoms with van der Waals surface area (Å²) in [7, 11) is 0. The summed E-state index contributed by atoms with van der Waals surface area (Å²) in [5.74, 6) is 0.631. The van der Waals surface area contributed by atoms with Gasteiger partial charge in [-0.1, -0.05) is 92.7 Å². The van der Waals surface area contributed by atoms with Crippen LogP contribution in [0.3, 0.4) is 0 Å². The fourth-order valence-corrected chi connectivity index (χ4v) is 8.02. The van der Waals surface area contributed by atoms with Crippen LogP contribution in [0.25, 0.3) is 28.0 Å². The first-order valence-corrected chi connectivity index (χ1v) is 15.9. The van der Waals surface area contributed by atoms with Gasteiger partial charge in [0.25, 0.3) is 0 Å². The lowest BCUT2D eigenvalue weighted by atomic mass is 9.71. The van der Waals surface area contributed by atoms with Crippen LogP contribution in [-0.2, 0) is 15.8 Å². The molecule has 1 saturated heterocycles. The molecule has 0 spiro atoms. The molecule has 0 aromatic heterocycles. The average molecular weight is 582 g/mol. The summed E-state index contributed by atoms with van der Waals surface area (Å²) in [6.45, 7) is 7.85. The molecule has 1 unspecified atom stereocenters. The average Bonchev–Trinajstić information content (AvgIpc) is 3.40. The maximum atomic E-state index is 14.3. The Hall–Kier alpha value is -4.41. The zero-order valence-corrected chi connectivity index (χ0v) is 25.3. The molecule has 1 aliphatic carbocycles. The highest BCUT2D eigenvalue weighted by molar-refractivity contribution is 6.08. The molecule has 1 fully saturated rings. The van der Waals surface area contributed by atoms with Crippen LogP contribution in [0.2, 0.25) is 0 Å². The first-order chi connectivity index (χ1) is 21.6. The van der Waals surface area contributed by atoms with E-state index in [9.17, 15) is 4.39 Å². The number of anilines is 1. The van der Waals surface area contributed by atoms with Crippen molar-refractivity contribution in [1.29, 1.82) is 0 Å². The van der Waals surface area contributed by atoms with Gasteiger partial charge in [0.05, 0.1) is 13.2 Å². The number of nitrogens with zero attached hydrogens (tertiary/aromatic N) is 1. The van der Waals surface area contributed by atoms with Crippen molar-refractivity contribution in [3.63, 3.8) is 0 Å². The molecule has 0 amide bonds. The molecule has 5 aromatic carbocycles. The number of hydrogen-bond donors (Lipinski definition) is 0. The smallest absolute Gasteiger partial charge is 0.178 e. The SMILES string of the molecule is CCC1(CC)c2ccccc2-c2c1c1c(c3ccccc23)OC(c2ccc(F)cc2)(c2ccc(N3CCOCC3)cc2)C=C1. The van der Waals surface area contributed by atoms with Crippen molar-refractivity contribution in [2.75, 3.05) is 31.2 Å². The van der Waals surface area contributed by atoms with E-state index in [0.717, 1.165) is 67.0 Å². The highest BCUT2D eigenvalue weighted by Gasteiger charge is 2.46. The highest BCUT2D eigenvalue weighted by atomic mass is 19.1. The van der Waals surface area contributed by atoms with E-state index < -0.39 is 5.60 Å². The molecular formula is C40H36FNO2. The van der Waals surface area contributed by atoms with Gasteiger partial charge in [-0.2, -0.15) is 0 Å². The number of halogens is 1. The fourth-order valence-electron chi connectivity index (χ4n) is 8.02. The molecular weight excluding hydrogens is 545 g/mol. The number of fused-ring (bicyclic) bond motifs is 8. The zero-order valence-electron chi connectivity index (χ0n) is 25.3. The molecule has 1 atom stereocenters. The van der Waals surface area contributed by atoms with Gasteiger partial charge in [0, 0.05) is 46.3 Å². The van der Waals surface area contributed by atoms with Crippen LogP contribution in [0.4, 0.5) is 10.1 Å². The van der Waals surface area contributed by atoms with Gasteiger partial charge in [0.1, 0.15) is 11.6 Å². The third kappa shape index (κ3) is 3.83. The standard InChI is InChI=1S/C40H36FNO2/c1-3-39(4-2)35-12-8-7-11-33(35)36-31-9-5-6-10-32(31)38-34(37(36)39)21-22-40(44-38,27-13-17-29(41)18-14-27)28-15-19-30(20-16-28)42-23-25-43-26-24-42/h5-22H,3-4,23-26H2,1-2H3. The summed E-state index contributed by atoms with van der Waals surface area (Å²) in [6, 6.07) is 33.0. The number of ether oxygens (including phenoxy) is 2. The Bertz CT molecular complexity index is 1900. The molecule has 2 aliphatic heterocycles. The van der Waals surface area contributed by atoms with Crippen molar-refractivity contribution >= 4 is 22.5 Å². The molecule has 8 rings (SSSR count). The van der Waals surface area contributed by atoms with Crippen molar-refractivity contribution in [3.8, 4) is 16.9 Å². The third-order valence-electron chi connectivity index (χ3n) is 10.3. The van der Waals surface area contributed by atoms with Crippen LogP contribution in [-0.4, -0.2) is 26.3 Å². The molecule has 4 heteroatoms. The molecule has 220 valence electrons. The molecule has 44 heavy (non-hydrogen) atoms. The first kappa shape index (κ1) is 27.2. The lowest BCUT2D eigenvalue weighted by Gasteiger charge is -2.39. The highest BCUT2D eigenvalue weighted by Crippen LogP contribution is 2.60. The van der Waals surface area contributed by atoms with Crippen molar-refractivity contribution in [2.24, 2.45) is 0 Å². The topological polar surface area (TPSA) is 21.7 Å². The quantitative estimate of drug-likeness (QED) is 0.207. The van der Waals surface area contributed by atoms with Crippen LogP contribution >= 0.6 is 0 Å². The van der Waals surface area contributed by atoms with Crippen molar-refractivity contribution in [3.05, 3.63) is 137 Å². The molecule has 3 aliphatic rings. The summed E-state index contributed by atoms with van der Waals surface area (Å²) >= 11 is 0. The van der Waals surface area contributed by atoms with Crippen molar-refractivity contribution < 1.29 is 13.9 Å². The molecule has 0 radical (unpaired) electrons. The summed E-state index contributed by atoms with van der Waals surface area (Å²) in [6.07, 6.45) is 6.48. The molecule has 0 saturated carbocycles. The van der Waals surface area contributed by atoms with E-state index in [1.807, 2.05) is 12.1 Å². The molecule has 0 N–H and O–H groups in total. The number of hydrogen-bond acceptors (Lipinski definition) is 3. The maximum Gasteiger partial charge on any atom is 0.178 e. The van der Waals surface area contributed by atoms with Crippen LogP contribution in [0.1, 0.15) is 54.5 Å². The van der Waals surface area contributed by atoms with Gasteiger partial charge >= 0.3 is 0 Å². The Morgan fingerprint density at radius 1 is 0.750 bits per heavy atom. The van der Waals surface area contributed by atoms with Crippen LogP contribution in [0.15, 0.2) is 103 Å². The largest absolute Gasteiger partial charge is 0.472 e. The van der Waals surface area contributed by atoms with Gasteiger partial charge in [-0.25, -0.2) is 4.39 Å². The minimum atomic E-state index is -0.923. The normalized spacial score (nSPS) is 19.8. The Morgan fingerprint density at radius 3 is 2.09 bits per heavy atom. The van der Waals surface area contributed by atoms with Gasteiger partial charge in [-0.15, -0.1) is 0 Å². The van der Waals surface area contributed by atoms with E-state index in [4.69, 9.17) is 9.47 Å². The Labute approximate surface area is 258 Å². The predicted molar refractivity (Wildman–Crippen MR) is 177 cm³/mol. The second kappa shape index (κ2) is 10.3. The number of benzene rings is 5. The number of rotatable bonds is 5. The van der Waals surface area contributed by atoms with E-state index in [-0.39, 0.29) is 11.2 Å². The molecule has 3 nitrogen and oxygen atoms in total. The van der Waals surface area contributed by atoms with Crippen LogP contribution in [0.5, 0.6) is 5.75 Å². The van der Waals surface area contributed by atoms with E-state index in [2.05, 4.69) is 104 Å². The predicted octanol–water partition coefficient (Wildman–Crippen LogP) is 9.25. The molecule has 5 aromatic rings. The summed E-state index contributed by atoms with van der Waals surface area (Å²) in [5.41, 5.74) is 8.62. The van der Waals surface area contributed by atoms with Crippen molar-refractivity contribution in [2.45, 2.75) is 37.7 Å². The van der Waals surface area contributed by atoms with Gasteiger partial charge in [0.15, 0.2) is 5.60 Å². The lowest BCUT2D eigenvalue weighted by molar-refractivity contribution is 0.122. The fraction of sp³-hybridized carbons (Fsp3) is 0.250. The maximum absolute atomic E-state index is 14.3. The lowest BCUT2D eigenvalue weighted by Crippen LogP contribution is -2.37. The van der Waals surface area contributed by atoms with Gasteiger partial charge in [-0.05, 0) is 70.8 Å². The van der Waals surface area contributed by atoms with Crippen LogP contribution < -0.4 is 9.64 Å².